The number of carbonyl (C=O) groups excluding carboxylic acids is 2. The molecular weight excluding hydrogens is 250 g/mol. The maximum Gasteiger partial charge on any atom is 0.225 e. The van der Waals surface area contributed by atoms with Gasteiger partial charge in [-0.25, -0.2) is 0 Å². The molecule has 1 atom stereocenters. The van der Waals surface area contributed by atoms with Crippen molar-refractivity contribution in [2.24, 2.45) is 11.8 Å². The number of likely N-dealkylation sites (N-methyl/N-ethyl adjacent to an activating group) is 1. The van der Waals surface area contributed by atoms with Crippen LogP contribution in [0.1, 0.15) is 44.0 Å². The molecule has 1 amide bonds. The molecule has 110 valence electrons. The molecule has 0 N–H and O–H groups in total. The van der Waals surface area contributed by atoms with Crippen molar-refractivity contribution in [3.8, 4) is 0 Å². The summed E-state index contributed by atoms with van der Waals surface area (Å²) >= 11 is 0. The lowest BCUT2D eigenvalue weighted by Gasteiger charge is -2.25. The normalized spacial score (nSPS) is 12.2. The van der Waals surface area contributed by atoms with Crippen LogP contribution in [0.2, 0.25) is 0 Å². The number of Topliss-reactive ketones (excluding diaryl/α,β-unsaturated/α-hetero) is 1. The second kappa shape index (κ2) is 7.83. The van der Waals surface area contributed by atoms with Gasteiger partial charge in [0.1, 0.15) is 0 Å². The van der Waals surface area contributed by atoms with Crippen LogP contribution in [-0.2, 0) is 4.79 Å². The van der Waals surface area contributed by atoms with E-state index in [-0.39, 0.29) is 24.2 Å². The van der Waals surface area contributed by atoms with Gasteiger partial charge in [0, 0.05) is 18.5 Å². The molecule has 0 saturated heterocycles. The Kier molecular flexibility index (Phi) is 6.43. The second-order valence-corrected chi connectivity index (χ2v) is 5.35. The van der Waals surface area contributed by atoms with Crippen molar-refractivity contribution >= 4 is 11.7 Å². The average Bonchev–Trinajstić information content (AvgIpc) is 2.48. The predicted molar refractivity (Wildman–Crippen MR) is 81.6 cm³/mol. The van der Waals surface area contributed by atoms with E-state index in [0.717, 1.165) is 12.8 Å². The number of rotatable bonds is 7. The van der Waals surface area contributed by atoms with Crippen molar-refractivity contribution in [3.05, 3.63) is 35.9 Å². The lowest BCUT2D eigenvalue weighted by atomic mass is 9.88. The van der Waals surface area contributed by atoms with E-state index in [1.807, 2.05) is 25.1 Å². The first kappa shape index (κ1) is 16.4. The Labute approximate surface area is 122 Å². The number of ketones is 1. The lowest BCUT2D eigenvalue weighted by Crippen LogP contribution is -2.38. The Balaban J connectivity index is 2.64. The summed E-state index contributed by atoms with van der Waals surface area (Å²) < 4.78 is 0. The number of amides is 1. The fraction of sp³-hybridized carbons (Fsp3) is 0.529. The molecular formula is C17H25NO2. The van der Waals surface area contributed by atoms with E-state index in [4.69, 9.17) is 0 Å². The van der Waals surface area contributed by atoms with Crippen molar-refractivity contribution < 1.29 is 9.59 Å². The van der Waals surface area contributed by atoms with Gasteiger partial charge in [0.2, 0.25) is 5.91 Å². The third kappa shape index (κ3) is 4.19. The van der Waals surface area contributed by atoms with Gasteiger partial charge in [-0.1, -0.05) is 63.9 Å². The van der Waals surface area contributed by atoms with E-state index in [1.54, 1.807) is 24.1 Å². The Hall–Kier alpha value is -1.64. The molecule has 0 radical (unpaired) electrons. The van der Waals surface area contributed by atoms with Crippen LogP contribution in [0.4, 0.5) is 0 Å². The molecule has 3 heteroatoms. The van der Waals surface area contributed by atoms with Gasteiger partial charge in [0.25, 0.3) is 0 Å². The number of carbonyl (C=O) groups is 2. The van der Waals surface area contributed by atoms with E-state index in [9.17, 15) is 9.59 Å². The molecule has 0 fully saturated rings. The SMILES string of the molecule is CCC(CC)[C@H](C)C(=O)N(C)CC(=O)c1ccccc1. The van der Waals surface area contributed by atoms with Gasteiger partial charge in [-0.2, -0.15) is 0 Å². The third-order valence-corrected chi connectivity index (χ3v) is 4.00. The van der Waals surface area contributed by atoms with E-state index in [2.05, 4.69) is 13.8 Å². The summed E-state index contributed by atoms with van der Waals surface area (Å²) in [5.74, 6) is 0.400. The zero-order valence-corrected chi connectivity index (χ0v) is 12.9. The molecule has 1 rings (SSSR count). The van der Waals surface area contributed by atoms with Crippen LogP contribution in [0.15, 0.2) is 30.3 Å². The van der Waals surface area contributed by atoms with Crippen molar-refractivity contribution in [1.82, 2.24) is 4.90 Å². The van der Waals surface area contributed by atoms with Crippen LogP contribution in [0.25, 0.3) is 0 Å². The highest BCUT2D eigenvalue weighted by Gasteiger charge is 2.25. The van der Waals surface area contributed by atoms with Crippen molar-refractivity contribution in [2.75, 3.05) is 13.6 Å². The minimum Gasteiger partial charge on any atom is -0.338 e. The third-order valence-electron chi connectivity index (χ3n) is 4.00. The van der Waals surface area contributed by atoms with E-state index in [0.29, 0.717) is 11.5 Å². The van der Waals surface area contributed by atoms with E-state index in [1.165, 1.54) is 0 Å². The molecule has 0 aliphatic heterocycles. The molecule has 0 unspecified atom stereocenters. The number of benzene rings is 1. The fourth-order valence-corrected chi connectivity index (χ4v) is 2.55. The lowest BCUT2D eigenvalue weighted by molar-refractivity contribution is -0.135. The van der Waals surface area contributed by atoms with Crippen LogP contribution < -0.4 is 0 Å². The van der Waals surface area contributed by atoms with Gasteiger partial charge in [0.05, 0.1) is 6.54 Å². The number of nitrogens with zero attached hydrogens (tertiary/aromatic N) is 1. The average molecular weight is 275 g/mol. The maximum atomic E-state index is 12.3. The summed E-state index contributed by atoms with van der Waals surface area (Å²) in [6.07, 6.45) is 1.98. The van der Waals surface area contributed by atoms with Crippen LogP contribution >= 0.6 is 0 Å². The molecule has 0 aliphatic carbocycles. The summed E-state index contributed by atoms with van der Waals surface area (Å²) in [6, 6.07) is 9.11. The summed E-state index contributed by atoms with van der Waals surface area (Å²) in [7, 11) is 1.71. The molecule has 0 aliphatic rings. The number of hydrogen-bond acceptors (Lipinski definition) is 2. The molecule has 20 heavy (non-hydrogen) atoms. The molecule has 0 bridgehead atoms. The summed E-state index contributed by atoms with van der Waals surface area (Å²) in [5, 5.41) is 0. The maximum absolute atomic E-state index is 12.3. The van der Waals surface area contributed by atoms with Gasteiger partial charge in [0.15, 0.2) is 5.78 Å². The topological polar surface area (TPSA) is 37.4 Å². The Morgan fingerprint density at radius 3 is 2.15 bits per heavy atom. The first-order valence-corrected chi connectivity index (χ1v) is 7.34. The highest BCUT2D eigenvalue weighted by molar-refractivity contribution is 5.99. The summed E-state index contributed by atoms with van der Waals surface area (Å²) in [5.41, 5.74) is 0.655. The quantitative estimate of drug-likeness (QED) is 0.715. The number of hydrogen-bond donors (Lipinski definition) is 0. The molecule has 0 saturated carbocycles. The molecule has 0 spiro atoms. The van der Waals surface area contributed by atoms with Gasteiger partial charge in [-0.3, -0.25) is 9.59 Å². The van der Waals surface area contributed by atoms with E-state index >= 15 is 0 Å². The summed E-state index contributed by atoms with van der Waals surface area (Å²) in [6.45, 7) is 6.32. The smallest absolute Gasteiger partial charge is 0.225 e. The van der Waals surface area contributed by atoms with Crippen LogP contribution in [0, 0.1) is 11.8 Å². The Morgan fingerprint density at radius 1 is 1.10 bits per heavy atom. The fourth-order valence-electron chi connectivity index (χ4n) is 2.55. The van der Waals surface area contributed by atoms with Gasteiger partial charge in [-0.05, 0) is 5.92 Å². The molecule has 0 heterocycles. The van der Waals surface area contributed by atoms with Crippen molar-refractivity contribution in [3.63, 3.8) is 0 Å². The van der Waals surface area contributed by atoms with Crippen LogP contribution in [-0.4, -0.2) is 30.2 Å². The van der Waals surface area contributed by atoms with Crippen molar-refractivity contribution in [1.29, 1.82) is 0 Å². The van der Waals surface area contributed by atoms with Gasteiger partial charge < -0.3 is 4.90 Å². The van der Waals surface area contributed by atoms with Crippen molar-refractivity contribution in [2.45, 2.75) is 33.6 Å². The van der Waals surface area contributed by atoms with Gasteiger partial charge in [-0.15, -0.1) is 0 Å². The van der Waals surface area contributed by atoms with Crippen LogP contribution in [0.3, 0.4) is 0 Å². The van der Waals surface area contributed by atoms with Crippen LogP contribution in [0.5, 0.6) is 0 Å². The molecule has 3 nitrogen and oxygen atoms in total. The Morgan fingerprint density at radius 2 is 1.65 bits per heavy atom. The highest BCUT2D eigenvalue weighted by Crippen LogP contribution is 2.21. The summed E-state index contributed by atoms with van der Waals surface area (Å²) in [4.78, 5) is 26.0. The zero-order chi connectivity index (χ0) is 15.1. The minimum absolute atomic E-state index is 0.0156. The van der Waals surface area contributed by atoms with E-state index < -0.39 is 0 Å². The zero-order valence-electron chi connectivity index (χ0n) is 12.9. The molecule has 0 aromatic heterocycles. The molecule has 1 aromatic carbocycles. The Bertz CT molecular complexity index is 438. The highest BCUT2D eigenvalue weighted by atomic mass is 16.2. The standard InChI is InChI=1S/C17H25NO2/c1-5-14(6-2)13(3)17(20)18(4)12-16(19)15-10-8-7-9-11-15/h7-11,13-14H,5-6,12H2,1-4H3/t13-/m0/s1. The first-order chi connectivity index (χ1) is 9.51. The minimum atomic E-state index is -0.0291. The second-order valence-electron chi connectivity index (χ2n) is 5.35. The monoisotopic (exact) mass is 275 g/mol. The van der Waals surface area contributed by atoms with Gasteiger partial charge >= 0.3 is 0 Å². The molecule has 1 aromatic rings. The largest absolute Gasteiger partial charge is 0.338 e. The predicted octanol–water partition coefficient (Wildman–Crippen LogP) is 3.40. The first-order valence-electron chi connectivity index (χ1n) is 7.34.